The Morgan fingerprint density at radius 3 is 2.43 bits per heavy atom. The molecule has 1 aromatic heterocycles. The van der Waals surface area contributed by atoms with Crippen LogP contribution in [0.4, 0.5) is 10.2 Å². The molecule has 2 heterocycles. The molecule has 266 valence electrons. The third-order valence-electron chi connectivity index (χ3n) is 9.39. The molecule has 0 N–H and O–H groups in total. The lowest BCUT2D eigenvalue weighted by Gasteiger charge is -2.25. The maximum absolute atomic E-state index is 16.3. The highest BCUT2D eigenvalue weighted by Crippen LogP contribution is 2.41. The summed E-state index contributed by atoms with van der Waals surface area (Å²) in [5.41, 5.74) is 1.54. The van der Waals surface area contributed by atoms with Gasteiger partial charge in [0.25, 0.3) is 15.9 Å². The van der Waals surface area contributed by atoms with Gasteiger partial charge in [-0.15, -0.1) is 0 Å². The number of halogens is 1. The van der Waals surface area contributed by atoms with E-state index < -0.39 is 21.4 Å². The van der Waals surface area contributed by atoms with Gasteiger partial charge in [0, 0.05) is 37.3 Å². The zero-order valence-corrected chi connectivity index (χ0v) is 29.9. The van der Waals surface area contributed by atoms with E-state index in [9.17, 15) is 13.2 Å². The van der Waals surface area contributed by atoms with Crippen molar-refractivity contribution in [1.29, 1.82) is 0 Å². The average molecular weight is 699 g/mol. The van der Waals surface area contributed by atoms with Crippen molar-refractivity contribution in [2.45, 2.75) is 89.1 Å². The summed E-state index contributed by atoms with van der Waals surface area (Å²) in [4.78, 5) is 20.4. The Bertz CT molecular complexity index is 1770. The van der Waals surface area contributed by atoms with Crippen molar-refractivity contribution in [1.82, 2.24) is 10.1 Å². The molecule has 2 aromatic carbocycles. The first-order chi connectivity index (χ1) is 23.6. The Morgan fingerprint density at radius 2 is 1.76 bits per heavy atom. The fraction of sp³-hybridized carbons (Fsp3) is 0.528. The second-order valence-electron chi connectivity index (χ2n) is 12.7. The maximum atomic E-state index is 16.3. The number of anilines is 1. The van der Waals surface area contributed by atoms with Crippen molar-refractivity contribution in [2.75, 3.05) is 45.1 Å². The second kappa shape index (κ2) is 15.9. The number of carbonyl (C=O) groups is 1. The highest BCUT2D eigenvalue weighted by molar-refractivity contribution is 7.93. The van der Waals surface area contributed by atoms with Crippen LogP contribution < -0.4 is 4.31 Å². The molecule has 0 bridgehead atoms. The van der Waals surface area contributed by atoms with E-state index in [-0.39, 0.29) is 29.9 Å². The smallest absolute Gasteiger partial charge is 0.268 e. The molecule has 11 nitrogen and oxygen atoms in total. The molecule has 0 radical (unpaired) electrons. The number of carbonyl (C=O) groups excluding carboxylic acids is 1. The second-order valence-corrected chi connectivity index (χ2v) is 14.5. The highest BCUT2D eigenvalue weighted by atomic mass is 32.2. The fourth-order valence-corrected chi connectivity index (χ4v) is 8.16. The van der Waals surface area contributed by atoms with Crippen LogP contribution in [0.1, 0.15) is 74.3 Å². The predicted molar refractivity (Wildman–Crippen MR) is 184 cm³/mol. The van der Waals surface area contributed by atoms with Gasteiger partial charge in [0.05, 0.1) is 31.3 Å². The van der Waals surface area contributed by atoms with Crippen LogP contribution in [-0.2, 0) is 42.0 Å². The summed E-state index contributed by atoms with van der Waals surface area (Å²) < 4.78 is 67.6. The molecule has 0 atom stereocenters. The summed E-state index contributed by atoms with van der Waals surface area (Å²) in [6.45, 7) is 6.31. The highest BCUT2D eigenvalue weighted by Gasteiger charge is 2.49. The third kappa shape index (κ3) is 7.59. The van der Waals surface area contributed by atoms with Gasteiger partial charge in [0.2, 0.25) is 0 Å². The van der Waals surface area contributed by atoms with Gasteiger partial charge in [-0.25, -0.2) is 17.1 Å². The Morgan fingerprint density at radius 1 is 1.00 bits per heavy atom. The minimum atomic E-state index is -4.28. The summed E-state index contributed by atoms with van der Waals surface area (Å²) in [5, 5.41) is 4.01. The molecule has 1 amide bonds. The van der Waals surface area contributed by atoms with E-state index in [1.165, 1.54) is 19.2 Å². The Labute approximate surface area is 288 Å². The number of hydrogen-bond donors (Lipinski definition) is 0. The largest absolute Gasteiger partial charge is 0.382 e. The molecule has 1 saturated carbocycles. The van der Waals surface area contributed by atoms with Crippen LogP contribution in [0.25, 0.3) is 11.1 Å². The number of methoxy groups -OCH3 is 2. The number of sulfonamides is 1. The topological polar surface area (TPSA) is 124 Å². The zero-order valence-electron chi connectivity index (χ0n) is 29.1. The molecule has 1 fully saturated rings. The van der Waals surface area contributed by atoms with E-state index >= 15 is 4.39 Å². The van der Waals surface area contributed by atoms with E-state index in [1.54, 1.807) is 50.1 Å². The van der Waals surface area contributed by atoms with Crippen molar-refractivity contribution in [3.05, 3.63) is 64.7 Å². The minimum Gasteiger partial charge on any atom is -0.382 e. The van der Waals surface area contributed by atoms with E-state index in [0.29, 0.717) is 79.1 Å². The van der Waals surface area contributed by atoms with Crippen LogP contribution in [0.15, 0.2) is 50.8 Å². The molecule has 13 heteroatoms. The number of aromatic nitrogens is 1. The number of amides is 1. The number of benzene rings is 2. The lowest BCUT2D eigenvalue weighted by Crippen LogP contribution is -2.40. The molecular weight excluding hydrogens is 651 g/mol. The number of unbranched alkanes of at least 4 members (excludes halogenated alkanes) is 1. The van der Waals surface area contributed by atoms with E-state index in [2.05, 4.69) is 12.1 Å². The standard InChI is InChI=1S/C36H47FN4O7S/c1-6-7-14-33-38-36(16-10-11-17-36)35(42)40(33)23-28-21-27(15-18-47-20-19-45-4)30(22-31(28)37)29-12-8-9-13-32(29)49(43,44)41(24-46-5)34-25(2)26(3)48-39-34/h8-9,12-13,21-22H,6-7,10-11,14-20,23-24H2,1-5H3. The first kappa shape index (κ1) is 36.6. The van der Waals surface area contributed by atoms with Crippen molar-refractivity contribution >= 4 is 27.6 Å². The number of rotatable bonds is 17. The van der Waals surface area contributed by atoms with Crippen molar-refractivity contribution < 1.29 is 36.3 Å². The predicted octanol–water partition coefficient (Wildman–Crippen LogP) is 6.35. The molecule has 1 spiro atoms. The van der Waals surface area contributed by atoms with Gasteiger partial charge in [0.1, 0.15) is 29.7 Å². The van der Waals surface area contributed by atoms with Crippen LogP contribution in [0.3, 0.4) is 0 Å². The zero-order chi connectivity index (χ0) is 35.2. The average Bonchev–Trinajstić information content (AvgIpc) is 3.77. The minimum absolute atomic E-state index is 0.0408. The van der Waals surface area contributed by atoms with Crippen LogP contribution in [-0.4, -0.2) is 76.5 Å². The Balaban J connectivity index is 1.57. The number of aliphatic imine (C=N–C) groups is 1. The quantitative estimate of drug-likeness (QED) is 0.118. The van der Waals surface area contributed by atoms with E-state index in [1.807, 2.05) is 0 Å². The van der Waals surface area contributed by atoms with Gasteiger partial charge in [-0.2, -0.15) is 0 Å². The van der Waals surface area contributed by atoms with Crippen LogP contribution in [0.5, 0.6) is 0 Å². The monoisotopic (exact) mass is 698 g/mol. The molecule has 0 saturated heterocycles. The Kier molecular flexibility index (Phi) is 11.9. The lowest BCUT2D eigenvalue weighted by molar-refractivity contribution is -0.131. The Hall–Kier alpha value is -3.65. The molecule has 49 heavy (non-hydrogen) atoms. The first-order valence-corrected chi connectivity index (χ1v) is 18.3. The number of aryl methyl sites for hydroxylation is 1. The number of ether oxygens (including phenoxy) is 3. The van der Waals surface area contributed by atoms with Gasteiger partial charge in [0.15, 0.2) is 5.82 Å². The molecule has 1 aliphatic carbocycles. The van der Waals surface area contributed by atoms with Gasteiger partial charge >= 0.3 is 0 Å². The molecule has 2 aliphatic rings. The van der Waals surface area contributed by atoms with E-state index in [0.717, 1.165) is 35.8 Å². The molecule has 1 aliphatic heterocycles. The maximum Gasteiger partial charge on any atom is 0.268 e. The fourth-order valence-electron chi connectivity index (χ4n) is 6.58. The van der Waals surface area contributed by atoms with Crippen molar-refractivity contribution in [2.24, 2.45) is 4.99 Å². The summed E-state index contributed by atoms with van der Waals surface area (Å²) in [7, 11) is -1.30. The third-order valence-corrected chi connectivity index (χ3v) is 11.2. The normalized spacial score (nSPS) is 15.8. The molecule has 5 rings (SSSR count). The molecule has 0 unspecified atom stereocenters. The lowest BCUT2D eigenvalue weighted by atomic mass is 9.94. The summed E-state index contributed by atoms with van der Waals surface area (Å²) in [6, 6.07) is 9.58. The van der Waals surface area contributed by atoms with E-state index in [4.69, 9.17) is 23.7 Å². The van der Waals surface area contributed by atoms with Crippen molar-refractivity contribution in [3.8, 4) is 11.1 Å². The van der Waals surface area contributed by atoms with Crippen LogP contribution in [0, 0.1) is 19.7 Å². The van der Waals surface area contributed by atoms with Gasteiger partial charge < -0.3 is 18.7 Å². The number of amidine groups is 1. The number of nitrogens with zero attached hydrogens (tertiary/aromatic N) is 4. The summed E-state index contributed by atoms with van der Waals surface area (Å²) >= 11 is 0. The van der Waals surface area contributed by atoms with Crippen LogP contribution in [0.2, 0.25) is 0 Å². The van der Waals surface area contributed by atoms with Crippen LogP contribution >= 0.6 is 0 Å². The van der Waals surface area contributed by atoms with Crippen molar-refractivity contribution in [3.63, 3.8) is 0 Å². The SMILES string of the molecule is CCCCC1=NC2(CCCC2)C(=O)N1Cc1cc(CCOCCOC)c(-c2ccccc2S(=O)(=O)N(COC)c2noc(C)c2C)cc1F. The number of hydrogen-bond acceptors (Lipinski definition) is 9. The molecule has 3 aromatic rings. The molecular formula is C36H47FN4O7S. The van der Waals surface area contributed by atoms with Gasteiger partial charge in [-0.1, -0.05) is 55.6 Å². The summed E-state index contributed by atoms with van der Waals surface area (Å²) in [6.07, 6.45) is 6.15. The summed E-state index contributed by atoms with van der Waals surface area (Å²) in [5.74, 6) is 0.703. The first-order valence-electron chi connectivity index (χ1n) is 16.9. The van der Waals surface area contributed by atoms with Gasteiger partial charge in [-0.3, -0.25) is 14.7 Å². The van der Waals surface area contributed by atoms with Gasteiger partial charge in [-0.05, 0) is 62.8 Å².